The minimum atomic E-state index is -1.53. The van der Waals surface area contributed by atoms with Crippen LogP contribution in [0.4, 0.5) is 14.6 Å². The van der Waals surface area contributed by atoms with Gasteiger partial charge in [0.1, 0.15) is 11.6 Å². The second kappa shape index (κ2) is 8.61. The molecule has 2 heterocycles. The van der Waals surface area contributed by atoms with E-state index in [4.69, 9.17) is 9.47 Å². The molecule has 10 heteroatoms. The van der Waals surface area contributed by atoms with Crippen molar-refractivity contribution in [3.8, 4) is 0 Å². The third kappa shape index (κ3) is 4.28. The molecule has 1 aliphatic rings. The molecular formula is C18H17BrN2O6S. The topological polar surface area (TPSA) is 94.2 Å². The van der Waals surface area contributed by atoms with Gasteiger partial charge < -0.3 is 19.5 Å². The number of rotatable bonds is 3. The minimum Gasteiger partial charge on any atom is -0.444 e. The van der Waals surface area contributed by atoms with E-state index >= 15 is 0 Å². The van der Waals surface area contributed by atoms with Gasteiger partial charge in [-0.3, -0.25) is 9.69 Å². The van der Waals surface area contributed by atoms with Crippen LogP contribution in [0.1, 0.15) is 16.0 Å². The molecule has 0 saturated carbocycles. The van der Waals surface area contributed by atoms with Crippen molar-refractivity contribution in [3.63, 3.8) is 0 Å². The molecule has 1 N–H and O–H groups in total. The summed E-state index contributed by atoms with van der Waals surface area (Å²) in [6.45, 7) is 1.91. The molecule has 0 fully saturated rings. The number of ether oxygens (including phenoxy) is 3. The Labute approximate surface area is 173 Å². The highest BCUT2D eigenvalue weighted by Gasteiger charge is 2.39. The summed E-state index contributed by atoms with van der Waals surface area (Å²) in [6.07, 6.45) is -3.40. The molecule has 8 nitrogen and oxygen atoms in total. The predicted octanol–water partition coefficient (Wildman–Crippen LogP) is 4.02. The molecule has 28 heavy (non-hydrogen) atoms. The molecule has 3 rings (SSSR count). The summed E-state index contributed by atoms with van der Waals surface area (Å²) in [7, 11) is 1.12. The zero-order chi connectivity index (χ0) is 20.3. The van der Waals surface area contributed by atoms with Crippen LogP contribution in [0.5, 0.6) is 0 Å². The van der Waals surface area contributed by atoms with Gasteiger partial charge in [0.05, 0.1) is 13.7 Å². The van der Waals surface area contributed by atoms with Crippen molar-refractivity contribution in [2.24, 2.45) is 0 Å². The fourth-order valence-corrected chi connectivity index (χ4v) is 4.26. The fourth-order valence-electron chi connectivity index (χ4n) is 2.60. The smallest absolute Gasteiger partial charge is 0.444 e. The molecule has 0 saturated heterocycles. The number of hydrogen-bond donors (Lipinski definition) is 1. The lowest BCUT2D eigenvalue weighted by Gasteiger charge is -2.26. The van der Waals surface area contributed by atoms with Crippen LogP contribution in [0, 0.1) is 6.92 Å². The second-order valence-corrected chi connectivity index (χ2v) is 7.88. The lowest BCUT2D eigenvalue weighted by Crippen LogP contribution is -2.48. The standard InChI is InChI=1S/C18H17BrN2O6S/c1-10-13(19)12-8-21(17(23)26-9-11-6-4-3-5-7-11)16(27-18(24)25-2)14(22)20-15(12)28-10/h3-7,16H,8-9H2,1-2H3,(H,20,22)/t16-/m0/s1. The Morgan fingerprint density at radius 1 is 1.32 bits per heavy atom. The molecule has 0 spiro atoms. The van der Waals surface area contributed by atoms with E-state index in [9.17, 15) is 14.4 Å². The summed E-state index contributed by atoms with van der Waals surface area (Å²) < 4.78 is 15.6. The number of amides is 2. The van der Waals surface area contributed by atoms with Gasteiger partial charge in [-0.05, 0) is 28.4 Å². The number of nitrogens with one attached hydrogen (secondary N) is 1. The van der Waals surface area contributed by atoms with Crippen molar-refractivity contribution in [2.45, 2.75) is 26.3 Å². The molecule has 1 aromatic heterocycles. The van der Waals surface area contributed by atoms with Crippen LogP contribution in [0.3, 0.4) is 0 Å². The van der Waals surface area contributed by atoms with Crippen molar-refractivity contribution < 1.29 is 28.6 Å². The van der Waals surface area contributed by atoms with Gasteiger partial charge in [0.15, 0.2) is 0 Å². The number of fused-ring (bicyclic) bond motifs is 1. The van der Waals surface area contributed by atoms with Crippen LogP contribution < -0.4 is 5.32 Å². The van der Waals surface area contributed by atoms with Crippen molar-refractivity contribution in [1.29, 1.82) is 0 Å². The third-order valence-electron chi connectivity index (χ3n) is 3.99. The van der Waals surface area contributed by atoms with Gasteiger partial charge in [0.2, 0.25) is 0 Å². The van der Waals surface area contributed by atoms with Gasteiger partial charge in [-0.1, -0.05) is 30.3 Å². The molecule has 0 bridgehead atoms. The summed E-state index contributed by atoms with van der Waals surface area (Å²) in [6, 6.07) is 9.11. The van der Waals surface area contributed by atoms with Crippen LogP contribution in [0.25, 0.3) is 0 Å². The van der Waals surface area contributed by atoms with E-state index in [1.54, 1.807) is 0 Å². The first-order valence-electron chi connectivity index (χ1n) is 8.21. The number of carbonyl (C=O) groups is 3. The van der Waals surface area contributed by atoms with Crippen LogP contribution in [-0.4, -0.2) is 36.4 Å². The normalized spacial score (nSPS) is 15.9. The average Bonchev–Trinajstić information content (AvgIpc) is 2.87. The summed E-state index contributed by atoms with van der Waals surface area (Å²) in [4.78, 5) is 39.0. The molecule has 1 atom stereocenters. The van der Waals surface area contributed by atoms with E-state index in [1.807, 2.05) is 37.3 Å². The Kier molecular flexibility index (Phi) is 6.20. The molecule has 0 aliphatic carbocycles. The zero-order valence-electron chi connectivity index (χ0n) is 15.1. The molecule has 2 aromatic rings. The zero-order valence-corrected chi connectivity index (χ0v) is 17.5. The summed E-state index contributed by atoms with van der Waals surface area (Å²) in [5.74, 6) is -0.672. The van der Waals surface area contributed by atoms with E-state index in [0.29, 0.717) is 10.6 Å². The maximum absolute atomic E-state index is 12.8. The van der Waals surface area contributed by atoms with Gasteiger partial charge in [0, 0.05) is 14.9 Å². The largest absolute Gasteiger partial charge is 0.510 e. The van der Waals surface area contributed by atoms with Gasteiger partial charge in [-0.15, -0.1) is 11.3 Å². The highest BCUT2D eigenvalue weighted by Crippen LogP contribution is 2.39. The van der Waals surface area contributed by atoms with Crippen molar-refractivity contribution >= 4 is 50.4 Å². The first-order chi connectivity index (χ1) is 13.4. The fraction of sp³-hybridized carbons (Fsp3) is 0.278. The van der Waals surface area contributed by atoms with Crippen LogP contribution >= 0.6 is 27.3 Å². The maximum atomic E-state index is 12.8. The Bertz CT molecular complexity index is 901. The third-order valence-corrected chi connectivity index (χ3v) is 6.39. The molecule has 1 aromatic carbocycles. The second-order valence-electron chi connectivity index (χ2n) is 5.86. The van der Waals surface area contributed by atoms with E-state index in [0.717, 1.165) is 26.9 Å². The van der Waals surface area contributed by atoms with Crippen LogP contribution in [0.2, 0.25) is 0 Å². The molecule has 1 aliphatic heterocycles. The number of halogens is 1. The van der Waals surface area contributed by atoms with E-state index in [1.165, 1.54) is 11.3 Å². The Morgan fingerprint density at radius 2 is 2.04 bits per heavy atom. The number of anilines is 1. The number of hydrogen-bond acceptors (Lipinski definition) is 7. The molecule has 2 amide bonds. The number of benzene rings is 1. The van der Waals surface area contributed by atoms with Gasteiger partial charge in [-0.25, -0.2) is 9.59 Å². The number of aryl methyl sites for hydroxylation is 1. The molecule has 148 valence electrons. The van der Waals surface area contributed by atoms with Crippen molar-refractivity contribution in [2.75, 3.05) is 12.4 Å². The van der Waals surface area contributed by atoms with Crippen molar-refractivity contribution in [3.05, 3.63) is 50.8 Å². The summed E-state index contributed by atoms with van der Waals surface area (Å²) in [5.41, 5.74) is 1.48. The maximum Gasteiger partial charge on any atom is 0.510 e. The summed E-state index contributed by atoms with van der Waals surface area (Å²) >= 11 is 4.83. The monoisotopic (exact) mass is 468 g/mol. The summed E-state index contributed by atoms with van der Waals surface area (Å²) in [5, 5.41) is 3.26. The number of thiophene rings is 1. The number of nitrogens with zero attached hydrogens (tertiary/aromatic N) is 1. The minimum absolute atomic E-state index is 0.00821. The SMILES string of the molecule is COC(=O)O[C@H]1C(=O)Nc2sc(C)c(Br)c2CN1C(=O)OCc1ccccc1. The molecule has 0 unspecified atom stereocenters. The lowest BCUT2D eigenvalue weighted by molar-refractivity contribution is -0.135. The first kappa shape index (κ1) is 20.2. The highest BCUT2D eigenvalue weighted by atomic mass is 79.9. The van der Waals surface area contributed by atoms with Gasteiger partial charge in [0.25, 0.3) is 12.1 Å². The molecule has 0 radical (unpaired) electrons. The van der Waals surface area contributed by atoms with Gasteiger partial charge in [-0.2, -0.15) is 0 Å². The average molecular weight is 469 g/mol. The van der Waals surface area contributed by atoms with Gasteiger partial charge >= 0.3 is 12.2 Å². The Hall–Kier alpha value is -2.59. The molecular weight excluding hydrogens is 452 g/mol. The first-order valence-corrected chi connectivity index (χ1v) is 9.82. The van der Waals surface area contributed by atoms with Crippen LogP contribution in [-0.2, 0) is 32.2 Å². The highest BCUT2D eigenvalue weighted by molar-refractivity contribution is 9.10. The number of carbonyl (C=O) groups excluding carboxylic acids is 3. The Morgan fingerprint density at radius 3 is 2.71 bits per heavy atom. The van der Waals surface area contributed by atoms with Crippen molar-refractivity contribution in [1.82, 2.24) is 4.90 Å². The van der Waals surface area contributed by atoms with Crippen LogP contribution in [0.15, 0.2) is 34.8 Å². The number of methoxy groups -OCH3 is 1. The van der Waals surface area contributed by atoms with E-state index in [-0.39, 0.29) is 13.2 Å². The lowest BCUT2D eigenvalue weighted by atomic mass is 10.2. The van der Waals surface area contributed by atoms with E-state index < -0.39 is 24.4 Å². The quantitative estimate of drug-likeness (QED) is 0.683. The van der Waals surface area contributed by atoms with E-state index in [2.05, 4.69) is 26.0 Å². The predicted molar refractivity (Wildman–Crippen MR) is 105 cm³/mol. The Balaban J connectivity index is 1.86.